The van der Waals surface area contributed by atoms with Crippen molar-refractivity contribution in [1.29, 1.82) is 0 Å². The van der Waals surface area contributed by atoms with E-state index in [9.17, 15) is 0 Å². The van der Waals surface area contributed by atoms with Gasteiger partial charge in [-0.1, -0.05) is 48.0 Å². The van der Waals surface area contributed by atoms with Gasteiger partial charge in [0.25, 0.3) is 0 Å². The summed E-state index contributed by atoms with van der Waals surface area (Å²) in [6.45, 7) is 5.53. The number of halogens is 1. The zero-order valence-electron chi connectivity index (χ0n) is 10.6. The molecule has 92 valence electrons. The van der Waals surface area contributed by atoms with E-state index < -0.39 is 0 Å². The summed E-state index contributed by atoms with van der Waals surface area (Å²) in [5.41, 5.74) is 3.67. The molecular weight excluding hydrogens is 276 g/mol. The normalized spacial score (nSPS) is 12.2. The first-order valence-corrected chi connectivity index (χ1v) is 6.99. The summed E-state index contributed by atoms with van der Waals surface area (Å²) in [4.78, 5) is 0. The van der Waals surface area contributed by atoms with E-state index in [4.69, 9.17) is 0 Å². The third kappa shape index (κ3) is 2.40. The Morgan fingerprint density at radius 1 is 1.29 bits per heavy atom. The Morgan fingerprint density at radius 3 is 2.71 bits per heavy atom. The molecule has 2 aromatic rings. The van der Waals surface area contributed by atoms with Crippen molar-refractivity contribution in [2.45, 2.75) is 19.3 Å². The van der Waals surface area contributed by atoms with E-state index in [1.165, 1.54) is 16.5 Å². The summed E-state index contributed by atoms with van der Waals surface area (Å²) < 4.78 is 2.21. The number of alkyl halides is 1. The van der Waals surface area contributed by atoms with Crippen LogP contribution in [-0.2, 0) is 12.5 Å². The quantitative estimate of drug-likeness (QED) is 0.676. The van der Waals surface area contributed by atoms with Crippen LogP contribution in [0.4, 0.5) is 0 Å². The first-order chi connectivity index (χ1) is 8.06. The van der Waals surface area contributed by atoms with Crippen molar-refractivity contribution < 1.29 is 0 Å². The van der Waals surface area contributed by atoms with Gasteiger partial charge in [0, 0.05) is 36.1 Å². The highest BCUT2D eigenvalue weighted by atomic mass is 79.9. The molecule has 1 aromatic carbocycles. The molecule has 3 heteroatoms. The Kier molecular flexibility index (Phi) is 3.59. The largest absolute Gasteiger partial charge is 0.350 e. The van der Waals surface area contributed by atoms with Crippen LogP contribution in [0, 0.1) is 0 Å². The summed E-state index contributed by atoms with van der Waals surface area (Å²) in [5, 5.41) is 4.73. The fourth-order valence-corrected chi connectivity index (χ4v) is 2.53. The number of hydrogen-bond donors (Lipinski definition) is 1. The van der Waals surface area contributed by atoms with Gasteiger partial charge in [-0.15, -0.1) is 0 Å². The van der Waals surface area contributed by atoms with Crippen LogP contribution in [0.3, 0.4) is 0 Å². The number of rotatable bonds is 4. The number of fused-ring (bicyclic) bond motifs is 1. The predicted octanol–water partition coefficient (Wildman–Crippen LogP) is 3.40. The van der Waals surface area contributed by atoms with Crippen molar-refractivity contribution >= 4 is 26.8 Å². The maximum Gasteiger partial charge on any atom is 0.0517 e. The third-order valence-electron chi connectivity index (χ3n) is 3.29. The molecule has 1 aromatic heterocycles. The maximum absolute atomic E-state index is 3.41. The number of nitrogens with zero attached hydrogens (tertiary/aromatic N) is 1. The van der Waals surface area contributed by atoms with Gasteiger partial charge in [-0.3, -0.25) is 0 Å². The Labute approximate surface area is 111 Å². The zero-order chi connectivity index (χ0) is 12.5. The van der Waals surface area contributed by atoms with Crippen LogP contribution in [0.2, 0.25) is 0 Å². The van der Waals surface area contributed by atoms with Crippen LogP contribution in [0.15, 0.2) is 30.5 Å². The van der Waals surface area contributed by atoms with Gasteiger partial charge in [-0.25, -0.2) is 0 Å². The van der Waals surface area contributed by atoms with E-state index in [1.54, 1.807) is 0 Å². The second-order valence-corrected chi connectivity index (χ2v) is 5.68. The molecule has 0 aliphatic heterocycles. The lowest BCUT2D eigenvalue weighted by molar-refractivity contribution is 0.493. The summed E-state index contributed by atoms with van der Waals surface area (Å²) in [5.74, 6) is 0. The van der Waals surface area contributed by atoms with E-state index >= 15 is 0 Å². The molecule has 0 spiro atoms. The fraction of sp³-hybridized carbons (Fsp3) is 0.429. The molecule has 0 atom stereocenters. The van der Waals surface area contributed by atoms with Gasteiger partial charge in [0.2, 0.25) is 0 Å². The van der Waals surface area contributed by atoms with E-state index in [-0.39, 0.29) is 5.41 Å². The minimum Gasteiger partial charge on any atom is -0.350 e. The van der Waals surface area contributed by atoms with Gasteiger partial charge in [0.1, 0.15) is 0 Å². The molecule has 0 aliphatic carbocycles. The molecule has 0 unspecified atom stereocenters. The Bertz CT molecular complexity index is 514. The molecule has 17 heavy (non-hydrogen) atoms. The van der Waals surface area contributed by atoms with Gasteiger partial charge in [0.15, 0.2) is 0 Å². The SMILES string of the molecule is Cn1cc(C(C)(C)CNCBr)c2ccccc21. The molecule has 2 nitrogen and oxygen atoms in total. The molecule has 0 saturated carbocycles. The highest BCUT2D eigenvalue weighted by Crippen LogP contribution is 2.31. The molecule has 2 rings (SSSR count). The first kappa shape index (κ1) is 12.7. The average Bonchev–Trinajstić information content (AvgIpc) is 2.66. The number of aryl methyl sites for hydroxylation is 1. The zero-order valence-corrected chi connectivity index (χ0v) is 12.2. The molecule has 0 saturated heterocycles. The minimum absolute atomic E-state index is 0.134. The molecule has 0 bridgehead atoms. The van der Waals surface area contributed by atoms with Crippen LogP contribution in [-0.4, -0.2) is 16.6 Å². The summed E-state index contributed by atoms with van der Waals surface area (Å²) in [6.07, 6.45) is 2.25. The minimum atomic E-state index is 0.134. The Hall–Kier alpha value is -0.800. The van der Waals surface area contributed by atoms with Crippen LogP contribution in [0.25, 0.3) is 10.9 Å². The fourth-order valence-electron chi connectivity index (χ4n) is 2.34. The van der Waals surface area contributed by atoms with E-state index in [2.05, 4.69) is 77.2 Å². The standard InChI is InChI=1S/C14H19BrN2/c1-14(2,9-16-10-15)12-8-17(3)13-7-5-4-6-11(12)13/h4-8,16H,9-10H2,1-3H3. The van der Waals surface area contributed by atoms with Gasteiger partial charge in [0.05, 0.1) is 5.45 Å². The highest BCUT2D eigenvalue weighted by molar-refractivity contribution is 9.09. The average molecular weight is 295 g/mol. The topological polar surface area (TPSA) is 17.0 Å². The van der Waals surface area contributed by atoms with E-state index in [0.29, 0.717) is 0 Å². The molecule has 0 aliphatic rings. The van der Waals surface area contributed by atoms with Gasteiger partial charge in [-0.2, -0.15) is 0 Å². The van der Waals surface area contributed by atoms with Crippen molar-refractivity contribution in [2.24, 2.45) is 7.05 Å². The molecule has 1 heterocycles. The monoisotopic (exact) mass is 294 g/mol. The summed E-state index contributed by atoms with van der Waals surface area (Å²) in [7, 11) is 2.11. The lowest BCUT2D eigenvalue weighted by atomic mass is 9.84. The van der Waals surface area contributed by atoms with Crippen LogP contribution >= 0.6 is 15.9 Å². The number of aromatic nitrogens is 1. The number of nitrogens with one attached hydrogen (secondary N) is 1. The van der Waals surface area contributed by atoms with Crippen molar-refractivity contribution in [2.75, 3.05) is 12.0 Å². The third-order valence-corrected chi connectivity index (χ3v) is 3.68. The molecular formula is C14H19BrN2. The second-order valence-electron chi connectivity index (χ2n) is 5.12. The van der Waals surface area contributed by atoms with Crippen LogP contribution in [0.1, 0.15) is 19.4 Å². The van der Waals surface area contributed by atoms with Crippen LogP contribution < -0.4 is 5.32 Å². The highest BCUT2D eigenvalue weighted by Gasteiger charge is 2.24. The summed E-state index contributed by atoms with van der Waals surface area (Å²) in [6, 6.07) is 8.59. The van der Waals surface area contributed by atoms with E-state index in [1.807, 2.05) is 0 Å². The van der Waals surface area contributed by atoms with Crippen molar-refractivity contribution in [1.82, 2.24) is 9.88 Å². The number of benzene rings is 1. The molecule has 0 radical (unpaired) electrons. The van der Waals surface area contributed by atoms with Gasteiger partial charge < -0.3 is 9.88 Å². The van der Waals surface area contributed by atoms with E-state index in [0.717, 1.165) is 12.0 Å². The second kappa shape index (κ2) is 4.83. The van der Waals surface area contributed by atoms with Gasteiger partial charge >= 0.3 is 0 Å². The lowest BCUT2D eigenvalue weighted by Crippen LogP contribution is -2.32. The Balaban J connectivity index is 2.48. The lowest BCUT2D eigenvalue weighted by Gasteiger charge is -2.24. The van der Waals surface area contributed by atoms with Crippen LogP contribution in [0.5, 0.6) is 0 Å². The molecule has 0 fully saturated rings. The summed E-state index contributed by atoms with van der Waals surface area (Å²) >= 11 is 3.41. The number of para-hydroxylation sites is 1. The maximum atomic E-state index is 3.41. The predicted molar refractivity (Wildman–Crippen MR) is 77.7 cm³/mol. The van der Waals surface area contributed by atoms with Crippen molar-refractivity contribution in [3.05, 3.63) is 36.0 Å². The molecule has 1 N–H and O–H groups in total. The molecule has 0 amide bonds. The smallest absolute Gasteiger partial charge is 0.0517 e. The van der Waals surface area contributed by atoms with Crippen molar-refractivity contribution in [3.63, 3.8) is 0 Å². The Morgan fingerprint density at radius 2 is 2.00 bits per heavy atom. The first-order valence-electron chi connectivity index (χ1n) is 5.87. The van der Waals surface area contributed by atoms with Crippen molar-refractivity contribution in [3.8, 4) is 0 Å². The van der Waals surface area contributed by atoms with Gasteiger partial charge in [-0.05, 0) is 11.6 Å². The number of hydrogen-bond acceptors (Lipinski definition) is 1.